The number of rotatable bonds is 17. The van der Waals surface area contributed by atoms with Gasteiger partial charge in [0, 0.05) is 51.2 Å². The summed E-state index contributed by atoms with van der Waals surface area (Å²) in [5.74, 6) is -5.77. The lowest BCUT2D eigenvalue weighted by Crippen LogP contribution is -2.62. The second-order valence-corrected chi connectivity index (χ2v) is 30.8. The molecule has 6 aliphatic rings. The first-order valence-corrected chi connectivity index (χ1v) is 37.6. The maximum absolute atomic E-state index is 15.6. The number of likely N-dealkylation sites (tertiary alicyclic amines) is 2. The number of carbonyl (C=O) groups is 9. The van der Waals surface area contributed by atoms with Crippen molar-refractivity contribution in [2.24, 2.45) is 31.0 Å². The third kappa shape index (κ3) is 22.2. The Bertz CT molecular complexity index is 4430. The third-order valence-electron chi connectivity index (χ3n) is 20.3. The number of hydrogen-bond acceptors (Lipinski definition) is 22. The fourth-order valence-corrected chi connectivity index (χ4v) is 13.6. The molecule has 14 unspecified atom stereocenters. The lowest BCUT2D eigenvalue weighted by molar-refractivity contribution is -0.145. The van der Waals surface area contributed by atoms with E-state index in [0.717, 1.165) is 21.9 Å². The van der Waals surface area contributed by atoms with E-state index in [1.54, 1.807) is 124 Å². The van der Waals surface area contributed by atoms with Gasteiger partial charge >= 0.3 is 5.97 Å². The van der Waals surface area contributed by atoms with Gasteiger partial charge in [0.25, 0.3) is 0 Å². The van der Waals surface area contributed by atoms with Crippen LogP contribution in [0.1, 0.15) is 120 Å². The van der Waals surface area contributed by atoms with E-state index < -0.39 is 149 Å². The van der Waals surface area contributed by atoms with Crippen molar-refractivity contribution in [3.63, 3.8) is 0 Å². The first-order valence-electron chi connectivity index (χ1n) is 37.6. The van der Waals surface area contributed by atoms with Crippen molar-refractivity contribution in [1.29, 1.82) is 11.1 Å². The molecular weight excluding hydrogens is 1430 g/mol. The molecule has 0 spiro atoms. The molecule has 7 heterocycles. The van der Waals surface area contributed by atoms with Crippen LogP contribution >= 0.6 is 0 Å². The average molecular weight is 1540 g/mol. The van der Waals surface area contributed by atoms with Crippen LogP contribution in [-0.4, -0.2) is 220 Å². The van der Waals surface area contributed by atoms with Crippen molar-refractivity contribution in [2.45, 2.75) is 192 Å². The zero-order valence-corrected chi connectivity index (χ0v) is 65.3. The molecule has 12 rings (SSSR count). The smallest absolute Gasteiger partial charge is 0.326 e. The molecule has 596 valence electrons. The van der Waals surface area contributed by atoms with Crippen LogP contribution in [0.3, 0.4) is 0 Å². The van der Waals surface area contributed by atoms with Crippen LogP contribution in [0.5, 0.6) is 11.5 Å². The quantitative estimate of drug-likeness (QED) is 0.0516. The van der Waals surface area contributed by atoms with Crippen LogP contribution < -0.4 is 52.0 Å². The Morgan fingerprint density at radius 1 is 0.625 bits per heavy atom. The maximum Gasteiger partial charge on any atom is 0.326 e. The highest BCUT2D eigenvalue weighted by Crippen LogP contribution is 2.32. The number of nitrogens with one attached hydrogen (secondary N) is 11. The topological polar surface area (TPSA) is 447 Å². The van der Waals surface area contributed by atoms with Gasteiger partial charge in [0.15, 0.2) is 5.82 Å². The molecule has 32 heteroatoms. The first-order chi connectivity index (χ1) is 53.4. The first kappa shape index (κ1) is 84.5. The van der Waals surface area contributed by atoms with E-state index in [4.69, 9.17) is 30.5 Å². The number of likely N-dealkylation sites (N-methyl/N-ethyl adjacent to an activating group) is 2. The van der Waals surface area contributed by atoms with Gasteiger partial charge < -0.3 is 66.9 Å². The molecule has 112 heavy (non-hydrogen) atoms. The van der Waals surface area contributed by atoms with Gasteiger partial charge in [0.2, 0.25) is 47.3 Å². The minimum Gasteiger partial charge on any atom is -0.491 e. The number of ether oxygens (including phenoxy) is 2. The molecule has 8 amide bonds. The molecule has 0 aliphatic carbocycles. The number of amides is 8. The highest BCUT2D eigenvalue weighted by Gasteiger charge is 2.50. The second kappa shape index (κ2) is 38.4. The predicted molar refractivity (Wildman–Crippen MR) is 419 cm³/mol. The summed E-state index contributed by atoms with van der Waals surface area (Å²) in [4.78, 5) is 144. The standard InChI is InChI=1S/C80H104N20O12/c1-13-16-52-25-19-50(35-45(52)2)39-62-72(103)87-61(69-95-97-98-96-69)37-48-21-27-57(28-22-48)111-43-55(93-81)41-86-60-32-34-100(77(108)68(80(8,9)10)92-71(102)47(4)84-12)66(60)75(106)89-63(40-51-20-26-53-17-14-15-18-54(53)36-51)73(104)90-64(78(109)110)38-49-23-29-58(30-24-49)112-44-56(94-82)42-85-59-31-33-99(65(59)74(105)88-62)76(107)67(79(5,6)7)91-70(101)46(3)83-11/h13-30,35-36,41-42,46-47,55-56,59-68,81-84H,31-34,37-40,43-44H2,1-12H3,(H,87,103)(H,88,105)(H,89,106)(H,90,104)(H,91,101)(H,92,102)(H,109,110)(H,95,96,97,98). The average Bonchev–Trinajstić information content (AvgIpc) is 1.74. The van der Waals surface area contributed by atoms with Crippen molar-refractivity contribution in [3.05, 3.63) is 154 Å². The van der Waals surface area contributed by atoms with E-state index in [-0.39, 0.29) is 76.4 Å². The van der Waals surface area contributed by atoms with E-state index in [1.807, 2.05) is 80.6 Å². The molecule has 14 atom stereocenters. The Kier molecular flexibility index (Phi) is 29.0. The van der Waals surface area contributed by atoms with Gasteiger partial charge in [0.1, 0.15) is 79.1 Å². The number of aromatic amines is 1. The van der Waals surface area contributed by atoms with Gasteiger partial charge in [-0.25, -0.2) is 21.0 Å². The van der Waals surface area contributed by atoms with Crippen LogP contribution in [0.4, 0.5) is 0 Å². The number of carboxylic acids is 1. The van der Waals surface area contributed by atoms with E-state index in [9.17, 15) is 24.3 Å². The normalized spacial score (nSPS) is 23.2. The van der Waals surface area contributed by atoms with Gasteiger partial charge in [0.05, 0.1) is 30.2 Å². The number of hydrogen-bond donors (Lipinski definition) is 12. The fraction of sp³-hybridized carbons (Fsp3) is 0.475. The second-order valence-electron chi connectivity index (χ2n) is 30.8. The molecule has 0 saturated carbocycles. The highest BCUT2D eigenvalue weighted by atomic mass is 16.5. The molecule has 5 aromatic carbocycles. The number of aliphatic carboxylic acids is 1. The van der Waals surface area contributed by atoms with Gasteiger partial charge in [-0.15, -0.1) is 5.10 Å². The van der Waals surface area contributed by atoms with Crippen LogP contribution in [-0.2, 0) is 68.8 Å². The molecular formula is C80H104N20O12. The summed E-state index contributed by atoms with van der Waals surface area (Å²) in [6.45, 7) is 17.3. The summed E-state index contributed by atoms with van der Waals surface area (Å²) in [5, 5.41) is 58.0. The van der Waals surface area contributed by atoms with Gasteiger partial charge in [-0.3, -0.25) is 48.3 Å². The monoisotopic (exact) mass is 1540 g/mol. The summed E-state index contributed by atoms with van der Waals surface area (Å²) in [6, 6.07) is 16.0. The lowest BCUT2D eigenvalue weighted by Gasteiger charge is -2.36. The SMILES string of the molecule is CC=Cc1ccc(CC2NC(=O)C3C(CCN3C(=O)C(NC(=O)C(C)NC)C(C)(C)C)N=CC(N=N)COc3ccc(cc3)CC(C(=O)O)NC(=O)C(Cc3ccc4ccccc4c3)NC(=O)C3C(CCN3C(=O)C(NC(=O)C(C)NC)C(C)(C)C)N=CC(N=N)COc3ccc(cc3)CC(c3nnn[nH]3)NC2=O)cc1C. The van der Waals surface area contributed by atoms with Crippen molar-refractivity contribution in [1.82, 2.24) is 73.0 Å². The van der Waals surface area contributed by atoms with Crippen LogP contribution in [0, 0.1) is 28.8 Å². The van der Waals surface area contributed by atoms with Gasteiger partial charge in [-0.2, -0.15) is 10.2 Å². The number of allylic oxidation sites excluding steroid dienone is 1. The van der Waals surface area contributed by atoms with E-state index in [2.05, 4.69) is 73.4 Å². The zero-order valence-electron chi connectivity index (χ0n) is 65.3. The lowest BCUT2D eigenvalue weighted by atomic mass is 9.85. The number of benzene rings is 5. The zero-order chi connectivity index (χ0) is 81.1. The number of tetrazole rings is 1. The van der Waals surface area contributed by atoms with E-state index in [1.165, 1.54) is 22.2 Å². The molecule has 4 bridgehead atoms. The van der Waals surface area contributed by atoms with Gasteiger partial charge in [-0.1, -0.05) is 139 Å². The Morgan fingerprint density at radius 2 is 1.10 bits per heavy atom. The Morgan fingerprint density at radius 3 is 1.54 bits per heavy atom. The number of fused-ring (bicyclic) bond motifs is 1. The number of aryl methyl sites for hydroxylation is 1. The van der Waals surface area contributed by atoms with Crippen LogP contribution in [0.25, 0.3) is 16.8 Å². The summed E-state index contributed by atoms with van der Waals surface area (Å²) < 4.78 is 12.4. The highest BCUT2D eigenvalue weighted by molar-refractivity contribution is 5.98. The molecule has 2 saturated heterocycles. The Labute approximate surface area is 651 Å². The van der Waals surface area contributed by atoms with Crippen LogP contribution in [0.15, 0.2) is 135 Å². The molecule has 32 nitrogen and oxygen atoms in total. The maximum atomic E-state index is 15.6. The number of aliphatic imine (C=N–C) groups is 2. The summed E-state index contributed by atoms with van der Waals surface area (Å²) >= 11 is 0. The fourth-order valence-electron chi connectivity index (χ4n) is 13.6. The third-order valence-corrected chi connectivity index (χ3v) is 20.3. The summed E-state index contributed by atoms with van der Waals surface area (Å²) in [6.07, 6.45) is 6.47. The van der Waals surface area contributed by atoms with E-state index >= 15 is 24.0 Å². The summed E-state index contributed by atoms with van der Waals surface area (Å²) in [7, 11) is 3.22. The molecule has 6 aromatic rings. The molecule has 2 fully saturated rings. The van der Waals surface area contributed by atoms with Crippen molar-refractivity contribution in [3.8, 4) is 11.5 Å². The Hall–Kier alpha value is -11.5. The minimum absolute atomic E-state index is 0.00679. The number of carboxylic acid groups (broad SMARTS) is 1. The predicted octanol–water partition coefficient (Wildman–Crippen LogP) is 5.29. The number of H-pyrrole nitrogens is 1. The van der Waals surface area contributed by atoms with Crippen molar-refractivity contribution < 1.29 is 57.7 Å². The van der Waals surface area contributed by atoms with Crippen LogP contribution in [0.2, 0.25) is 0 Å². The molecule has 6 aliphatic heterocycles. The van der Waals surface area contributed by atoms with Gasteiger partial charge in [-0.05, 0) is 144 Å². The van der Waals surface area contributed by atoms with E-state index in [0.29, 0.717) is 28.0 Å². The molecule has 0 radical (unpaired) electrons. The number of aromatic nitrogens is 4. The summed E-state index contributed by atoms with van der Waals surface area (Å²) in [5.41, 5.74) is 19.0. The minimum atomic E-state index is -1.56. The van der Waals surface area contributed by atoms with Crippen molar-refractivity contribution >= 4 is 82.5 Å². The molecule has 12 N–H and O–H groups in total. The molecule has 1 aromatic heterocycles. The largest absolute Gasteiger partial charge is 0.491 e. The van der Waals surface area contributed by atoms with Crippen molar-refractivity contribution in [2.75, 3.05) is 40.4 Å². The number of carbonyl (C=O) groups excluding carboxylic acids is 8. The Balaban J connectivity index is 1.09. The number of nitrogens with zero attached hydrogens (tertiary/aromatic N) is 9.